The third kappa shape index (κ3) is 7.77. The zero-order valence-electron chi connectivity index (χ0n) is 15.3. The molecule has 2 rings (SSSR count). The van der Waals surface area contributed by atoms with E-state index in [-0.39, 0.29) is 5.91 Å². The third-order valence-electron chi connectivity index (χ3n) is 2.95. The van der Waals surface area contributed by atoms with Crippen molar-refractivity contribution in [2.24, 2.45) is 5.16 Å². The molecule has 0 bridgehead atoms. The van der Waals surface area contributed by atoms with Gasteiger partial charge in [0.25, 0.3) is 5.91 Å². The van der Waals surface area contributed by atoms with E-state index in [2.05, 4.69) is 29.3 Å². The number of rotatable bonds is 4. The zero-order valence-corrected chi connectivity index (χ0v) is 15.3. The normalized spacial score (nSPS) is 18.4. The first-order valence-electron chi connectivity index (χ1n) is 8.46. The Morgan fingerprint density at radius 2 is 1.83 bits per heavy atom. The molecule has 130 valence electrons. The number of nitrogens with zero attached hydrogens (tertiary/aromatic N) is 2. The summed E-state index contributed by atoms with van der Waals surface area (Å²) < 4.78 is 0. The quantitative estimate of drug-likeness (QED) is 0.904. The van der Waals surface area contributed by atoms with E-state index in [9.17, 15) is 4.79 Å². The molecule has 23 heavy (non-hydrogen) atoms. The predicted octanol–water partition coefficient (Wildman–Crippen LogP) is 4.20. The summed E-state index contributed by atoms with van der Waals surface area (Å²) in [4.78, 5) is 21.1. The van der Waals surface area contributed by atoms with Crippen LogP contribution in [0.25, 0.3) is 0 Å². The highest BCUT2D eigenvalue weighted by Crippen LogP contribution is 2.23. The minimum absolute atomic E-state index is 0.118. The Morgan fingerprint density at radius 3 is 2.30 bits per heavy atom. The maximum Gasteiger partial charge on any atom is 0.251 e. The van der Waals surface area contributed by atoms with E-state index in [1.807, 2.05) is 27.7 Å². The highest BCUT2D eigenvalue weighted by molar-refractivity contribution is 5.94. The summed E-state index contributed by atoms with van der Waals surface area (Å²) >= 11 is 0. The fourth-order valence-electron chi connectivity index (χ4n) is 1.83. The summed E-state index contributed by atoms with van der Waals surface area (Å²) in [6.07, 6.45) is 6.09. The first-order chi connectivity index (χ1) is 11.0. The maximum atomic E-state index is 11.9. The summed E-state index contributed by atoms with van der Waals surface area (Å²) in [5, 5.41) is 6.87. The second kappa shape index (κ2) is 11.6. The SMILES string of the molecule is CC.CCC.CCC1=NOC(C)(CNC(=O)c2ccncc2)C1. The second-order valence-electron chi connectivity index (χ2n) is 5.35. The Balaban J connectivity index is 0.000000868. The van der Waals surface area contributed by atoms with Gasteiger partial charge in [-0.05, 0) is 25.5 Å². The molecule has 0 saturated carbocycles. The van der Waals surface area contributed by atoms with Crippen LogP contribution in [0, 0.1) is 0 Å². The number of pyridine rings is 1. The molecule has 1 amide bonds. The lowest BCUT2D eigenvalue weighted by Gasteiger charge is -2.21. The molecule has 0 spiro atoms. The molecule has 1 unspecified atom stereocenters. The molecule has 0 aliphatic carbocycles. The lowest BCUT2D eigenvalue weighted by atomic mass is 9.98. The van der Waals surface area contributed by atoms with Gasteiger partial charge < -0.3 is 10.2 Å². The number of hydrogen-bond acceptors (Lipinski definition) is 4. The molecule has 1 aliphatic rings. The maximum absolute atomic E-state index is 11.9. The lowest BCUT2D eigenvalue weighted by Crippen LogP contribution is -2.40. The molecule has 1 aromatic heterocycles. The minimum atomic E-state index is -0.423. The van der Waals surface area contributed by atoms with E-state index in [1.54, 1.807) is 24.5 Å². The second-order valence-corrected chi connectivity index (χ2v) is 5.35. The molecule has 1 N–H and O–H groups in total. The van der Waals surface area contributed by atoms with Crippen molar-refractivity contribution >= 4 is 11.6 Å². The first-order valence-corrected chi connectivity index (χ1v) is 8.46. The number of carbonyl (C=O) groups is 1. The first kappa shape index (κ1) is 21.1. The van der Waals surface area contributed by atoms with Crippen molar-refractivity contribution in [3.05, 3.63) is 30.1 Å². The monoisotopic (exact) mass is 321 g/mol. The average molecular weight is 321 g/mol. The van der Waals surface area contributed by atoms with Crippen LogP contribution in [0.1, 0.15) is 71.2 Å². The third-order valence-corrected chi connectivity index (χ3v) is 2.95. The summed E-state index contributed by atoms with van der Waals surface area (Å²) in [7, 11) is 0. The van der Waals surface area contributed by atoms with Crippen molar-refractivity contribution in [2.75, 3.05) is 6.54 Å². The number of amides is 1. The Labute approximate surface area is 140 Å². The van der Waals surface area contributed by atoms with Crippen molar-refractivity contribution in [1.29, 1.82) is 0 Å². The van der Waals surface area contributed by atoms with E-state index >= 15 is 0 Å². The molecule has 2 heterocycles. The number of oxime groups is 1. The fraction of sp³-hybridized carbons (Fsp3) is 0.611. The van der Waals surface area contributed by atoms with Crippen LogP contribution >= 0.6 is 0 Å². The topological polar surface area (TPSA) is 63.6 Å². The van der Waals surface area contributed by atoms with Gasteiger partial charge in [-0.3, -0.25) is 9.78 Å². The predicted molar refractivity (Wildman–Crippen MR) is 95.7 cm³/mol. The van der Waals surface area contributed by atoms with Crippen LogP contribution in [-0.2, 0) is 4.84 Å². The number of carbonyl (C=O) groups excluding carboxylic acids is 1. The molecule has 5 heteroatoms. The highest BCUT2D eigenvalue weighted by atomic mass is 16.7. The van der Waals surface area contributed by atoms with Crippen LogP contribution < -0.4 is 5.32 Å². The van der Waals surface area contributed by atoms with Gasteiger partial charge in [-0.1, -0.05) is 46.2 Å². The van der Waals surface area contributed by atoms with Crippen LogP contribution in [0.3, 0.4) is 0 Å². The number of hydrogen-bond donors (Lipinski definition) is 1. The molecule has 0 radical (unpaired) electrons. The Morgan fingerprint density at radius 1 is 1.26 bits per heavy atom. The largest absolute Gasteiger partial charge is 0.387 e. The summed E-state index contributed by atoms with van der Waals surface area (Å²) in [6.45, 7) is 12.7. The summed E-state index contributed by atoms with van der Waals surface area (Å²) in [5.41, 5.74) is 1.22. The van der Waals surface area contributed by atoms with Crippen LogP contribution in [0.2, 0.25) is 0 Å². The van der Waals surface area contributed by atoms with Gasteiger partial charge in [0.15, 0.2) is 5.60 Å². The standard InChI is InChI=1S/C13H17N3O2.C3H8.C2H6/c1-3-11-8-13(2,18-16-11)9-15-12(17)10-4-6-14-7-5-10;1-3-2;1-2/h4-7H,3,8-9H2,1-2H3,(H,15,17);3H2,1-2H3;1-2H3. The van der Waals surface area contributed by atoms with Gasteiger partial charge in [-0.15, -0.1) is 0 Å². The highest BCUT2D eigenvalue weighted by Gasteiger charge is 2.33. The smallest absolute Gasteiger partial charge is 0.251 e. The van der Waals surface area contributed by atoms with Crippen molar-refractivity contribution in [1.82, 2.24) is 10.3 Å². The molecule has 5 nitrogen and oxygen atoms in total. The molecule has 1 atom stereocenters. The van der Waals surface area contributed by atoms with Crippen molar-refractivity contribution in [3.63, 3.8) is 0 Å². The molecule has 1 aliphatic heterocycles. The van der Waals surface area contributed by atoms with Crippen molar-refractivity contribution in [2.45, 2.75) is 66.4 Å². The average Bonchev–Trinajstić information content (AvgIpc) is 2.98. The van der Waals surface area contributed by atoms with E-state index < -0.39 is 5.60 Å². The van der Waals surface area contributed by atoms with Gasteiger partial charge in [0.05, 0.1) is 12.3 Å². The van der Waals surface area contributed by atoms with Crippen LogP contribution in [0.5, 0.6) is 0 Å². The lowest BCUT2D eigenvalue weighted by molar-refractivity contribution is -0.00182. The Kier molecular flexibility index (Phi) is 10.7. The zero-order chi connectivity index (χ0) is 17.7. The molecular formula is C18H31N3O2. The van der Waals surface area contributed by atoms with Crippen molar-refractivity contribution in [3.8, 4) is 0 Å². The minimum Gasteiger partial charge on any atom is -0.387 e. The molecule has 0 aromatic carbocycles. The van der Waals surface area contributed by atoms with Gasteiger partial charge in [-0.2, -0.15) is 0 Å². The van der Waals surface area contributed by atoms with Crippen molar-refractivity contribution < 1.29 is 9.63 Å². The summed E-state index contributed by atoms with van der Waals surface area (Å²) in [5.74, 6) is -0.118. The number of nitrogens with one attached hydrogen (secondary N) is 1. The van der Waals surface area contributed by atoms with E-state index in [1.165, 1.54) is 6.42 Å². The van der Waals surface area contributed by atoms with E-state index in [0.29, 0.717) is 12.1 Å². The van der Waals surface area contributed by atoms with Crippen LogP contribution in [0.4, 0.5) is 0 Å². The fourth-order valence-corrected chi connectivity index (χ4v) is 1.83. The van der Waals surface area contributed by atoms with Gasteiger partial charge in [-0.25, -0.2) is 0 Å². The molecule has 0 saturated heterocycles. The van der Waals surface area contributed by atoms with Gasteiger partial charge in [0.1, 0.15) is 0 Å². The summed E-state index contributed by atoms with van der Waals surface area (Å²) in [6, 6.07) is 3.36. The van der Waals surface area contributed by atoms with Gasteiger partial charge in [0, 0.05) is 24.4 Å². The molecule has 0 fully saturated rings. The Bertz CT molecular complexity index is 474. The number of aromatic nitrogens is 1. The molecule has 1 aromatic rings. The Hall–Kier alpha value is -1.91. The van der Waals surface area contributed by atoms with E-state index in [4.69, 9.17) is 4.84 Å². The molecular weight excluding hydrogens is 290 g/mol. The van der Waals surface area contributed by atoms with Crippen LogP contribution in [-0.4, -0.2) is 28.7 Å². The van der Waals surface area contributed by atoms with Gasteiger partial charge in [0.2, 0.25) is 0 Å². The van der Waals surface area contributed by atoms with E-state index in [0.717, 1.165) is 18.6 Å². The van der Waals surface area contributed by atoms with Crippen LogP contribution in [0.15, 0.2) is 29.7 Å². The van der Waals surface area contributed by atoms with Gasteiger partial charge >= 0.3 is 0 Å².